The molecule has 0 aliphatic rings. The van der Waals surface area contributed by atoms with Gasteiger partial charge < -0.3 is 10.1 Å². The smallest absolute Gasteiger partial charge is 0.0721 e. The Hall–Kier alpha value is -1.35. The molecule has 0 unspecified atom stereocenters. The minimum absolute atomic E-state index is 0.581. The average molecular weight is 290 g/mol. The average Bonchev–Trinajstić information content (AvgIpc) is 2.46. The minimum Gasteiger partial charge on any atom is -0.372 e. The normalized spacial score (nSPS) is 10.7. The molecule has 0 atom stereocenters. The Morgan fingerprint density at radius 2 is 1.60 bits per heavy atom. The van der Waals surface area contributed by atoms with Crippen molar-refractivity contribution >= 4 is 11.6 Å². The Morgan fingerprint density at radius 3 is 2.30 bits per heavy atom. The fourth-order valence-corrected chi connectivity index (χ4v) is 2.23. The van der Waals surface area contributed by atoms with Crippen LogP contribution in [0.2, 0.25) is 5.02 Å². The molecule has 3 heteroatoms. The molecular formula is C17H20ClNO. The van der Waals surface area contributed by atoms with Crippen molar-refractivity contribution in [3.63, 3.8) is 0 Å². The molecule has 0 saturated heterocycles. The second kappa shape index (κ2) is 8.05. The predicted molar refractivity (Wildman–Crippen MR) is 83.8 cm³/mol. The topological polar surface area (TPSA) is 21.3 Å². The van der Waals surface area contributed by atoms with Crippen molar-refractivity contribution in [1.29, 1.82) is 0 Å². The fourth-order valence-electron chi connectivity index (χ4n) is 2.01. The third-order valence-electron chi connectivity index (χ3n) is 3.00. The van der Waals surface area contributed by atoms with Crippen LogP contribution in [0.4, 0.5) is 0 Å². The first-order valence-electron chi connectivity index (χ1n) is 6.88. The molecule has 0 heterocycles. The lowest BCUT2D eigenvalue weighted by Crippen LogP contribution is -2.11. The van der Waals surface area contributed by atoms with Crippen LogP contribution >= 0.6 is 11.6 Å². The third kappa shape index (κ3) is 4.97. The summed E-state index contributed by atoms with van der Waals surface area (Å²) in [5.74, 6) is 0. The Balaban J connectivity index is 1.84. The minimum atomic E-state index is 0.581. The largest absolute Gasteiger partial charge is 0.372 e. The van der Waals surface area contributed by atoms with Gasteiger partial charge in [0.25, 0.3) is 0 Å². The van der Waals surface area contributed by atoms with Crippen LogP contribution in [0, 0.1) is 0 Å². The summed E-state index contributed by atoms with van der Waals surface area (Å²) in [6.45, 7) is 5.19. The third-order valence-corrected chi connectivity index (χ3v) is 3.23. The predicted octanol–water partition coefficient (Wildman–Crippen LogP) is 4.17. The maximum atomic E-state index is 5.95. The van der Waals surface area contributed by atoms with Crippen molar-refractivity contribution in [2.24, 2.45) is 0 Å². The maximum Gasteiger partial charge on any atom is 0.0721 e. The summed E-state index contributed by atoms with van der Waals surface area (Å²) in [7, 11) is 0. The highest BCUT2D eigenvalue weighted by Gasteiger charge is 1.98. The zero-order valence-corrected chi connectivity index (χ0v) is 12.5. The van der Waals surface area contributed by atoms with Crippen LogP contribution in [0.3, 0.4) is 0 Å². The summed E-state index contributed by atoms with van der Waals surface area (Å²) in [6, 6.07) is 16.2. The Bertz CT molecular complexity index is 542. The molecule has 2 aromatic rings. The van der Waals surface area contributed by atoms with Gasteiger partial charge in [0.15, 0.2) is 0 Å². The van der Waals surface area contributed by atoms with Gasteiger partial charge in [-0.1, -0.05) is 54.9 Å². The van der Waals surface area contributed by atoms with Crippen LogP contribution in [-0.4, -0.2) is 6.54 Å². The SMILES string of the molecule is CCNCc1cccc(COCc2cccc(Cl)c2)c1. The number of nitrogens with one attached hydrogen (secondary N) is 1. The number of ether oxygens (including phenoxy) is 1. The summed E-state index contributed by atoms with van der Waals surface area (Å²) in [5, 5.41) is 4.07. The van der Waals surface area contributed by atoms with Gasteiger partial charge in [0.1, 0.15) is 0 Å². The van der Waals surface area contributed by atoms with Gasteiger partial charge in [0.05, 0.1) is 13.2 Å². The van der Waals surface area contributed by atoms with E-state index in [1.165, 1.54) is 11.1 Å². The van der Waals surface area contributed by atoms with E-state index < -0.39 is 0 Å². The number of hydrogen-bond donors (Lipinski definition) is 1. The monoisotopic (exact) mass is 289 g/mol. The van der Waals surface area contributed by atoms with E-state index in [0.717, 1.165) is 23.7 Å². The van der Waals surface area contributed by atoms with E-state index in [-0.39, 0.29) is 0 Å². The highest BCUT2D eigenvalue weighted by molar-refractivity contribution is 6.30. The summed E-state index contributed by atoms with van der Waals surface area (Å²) in [6.07, 6.45) is 0. The molecule has 0 aliphatic heterocycles. The van der Waals surface area contributed by atoms with Crippen LogP contribution in [0.5, 0.6) is 0 Å². The first-order valence-corrected chi connectivity index (χ1v) is 7.26. The van der Waals surface area contributed by atoms with Gasteiger partial charge >= 0.3 is 0 Å². The lowest BCUT2D eigenvalue weighted by atomic mass is 10.1. The number of halogens is 1. The van der Waals surface area contributed by atoms with Crippen molar-refractivity contribution in [2.75, 3.05) is 6.54 Å². The van der Waals surface area contributed by atoms with Crippen LogP contribution in [-0.2, 0) is 24.5 Å². The molecule has 2 aromatic carbocycles. The second-order valence-corrected chi connectivity index (χ2v) is 5.16. The summed E-state index contributed by atoms with van der Waals surface area (Å²) in [4.78, 5) is 0. The van der Waals surface area contributed by atoms with Crippen molar-refractivity contribution in [3.05, 3.63) is 70.2 Å². The molecular weight excluding hydrogens is 270 g/mol. The Morgan fingerprint density at radius 1 is 0.950 bits per heavy atom. The Kier molecular flexibility index (Phi) is 6.06. The van der Waals surface area contributed by atoms with E-state index in [4.69, 9.17) is 16.3 Å². The van der Waals surface area contributed by atoms with Crippen LogP contribution < -0.4 is 5.32 Å². The number of hydrogen-bond acceptors (Lipinski definition) is 2. The van der Waals surface area contributed by atoms with Crippen molar-refractivity contribution in [3.8, 4) is 0 Å². The summed E-state index contributed by atoms with van der Waals surface area (Å²) in [5.41, 5.74) is 3.58. The molecule has 0 aliphatic carbocycles. The van der Waals surface area contributed by atoms with E-state index in [1.54, 1.807) is 0 Å². The first-order chi connectivity index (χ1) is 9.78. The first kappa shape index (κ1) is 15.0. The van der Waals surface area contributed by atoms with Crippen LogP contribution in [0.1, 0.15) is 23.6 Å². The quantitative estimate of drug-likeness (QED) is 0.826. The van der Waals surface area contributed by atoms with Crippen molar-refractivity contribution in [1.82, 2.24) is 5.32 Å². The van der Waals surface area contributed by atoms with Gasteiger partial charge in [-0.25, -0.2) is 0 Å². The van der Waals surface area contributed by atoms with Gasteiger partial charge in [-0.3, -0.25) is 0 Å². The molecule has 0 bridgehead atoms. The van der Waals surface area contributed by atoms with Gasteiger partial charge in [-0.15, -0.1) is 0 Å². The molecule has 0 amide bonds. The van der Waals surface area contributed by atoms with E-state index in [2.05, 4.69) is 36.5 Å². The lowest BCUT2D eigenvalue weighted by Gasteiger charge is -2.07. The lowest BCUT2D eigenvalue weighted by molar-refractivity contribution is 0.107. The highest BCUT2D eigenvalue weighted by atomic mass is 35.5. The number of rotatable bonds is 7. The molecule has 20 heavy (non-hydrogen) atoms. The van der Waals surface area contributed by atoms with Gasteiger partial charge in [-0.2, -0.15) is 0 Å². The van der Waals surface area contributed by atoms with Crippen molar-refractivity contribution in [2.45, 2.75) is 26.7 Å². The molecule has 106 valence electrons. The van der Waals surface area contributed by atoms with Crippen LogP contribution in [0.25, 0.3) is 0 Å². The van der Waals surface area contributed by atoms with Crippen LogP contribution in [0.15, 0.2) is 48.5 Å². The van der Waals surface area contributed by atoms with Crippen molar-refractivity contribution < 1.29 is 4.74 Å². The van der Waals surface area contributed by atoms with E-state index >= 15 is 0 Å². The van der Waals surface area contributed by atoms with Gasteiger partial charge in [0.2, 0.25) is 0 Å². The zero-order chi connectivity index (χ0) is 14.2. The molecule has 2 nitrogen and oxygen atoms in total. The molecule has 0 saturated carbocycles. The molecule has 0 spiro atoms. The molecule has 1 N–H and O–H groups in total. The molecule has 0 aromatic heterocycles. The Labute approximate surface area is 125 Å². The zero-order valence-electron chi connectivity index (χ0n) is 11.7. The van der Waals surface area contributed by atoms with E-state index in [1.807, 2.05) is 24.3 Å². The number of benzene rings is 2. The molecule has 0 fully saturated rings. The molecule has 0 radical (unpaired) electrons. The standard InChI is InChI=1S/C17H20ClNO/c1-2-19-11-14-5-3-6-15(9-14)12-20-13-16-7-4-8-17(18)10-16/h3-10,19H,2,11-13H2,1H3. The summed E-state index contributed by atoms with van der Waals surface area (Å²) >= 11 is 5.95. The van der Waals surface area contributed by atoms with Gasteiger partial charge in [-0.05, 0) is 35.4 Å². The van der Waals surface area contributed by atoms with Gasteiger partial charge in [0, 0.05) is 11.6 Å². The maximum absolute atomic E-state index is 5.95. The van der Waals surface area contributed by atoms with E-state index in [0.29, 0.717) is 13.2 Å². The van der Waals surface area contributed by atoms with E-state index in [9.17, 15) is 0 Å². The highest BCUT2D eigenvalue weighted by Crippen LogP contribution is 2.13. The second-order valence-electron chi connectivity index (χ2n) is 4.72. The summed E-state index contributed by atoms with van der Waals surface area (Å²) < 4.78 is 5.74. The fraction of sp³-hybridized carbons (Fsp3) is 0.294. The molecule has 2 rings (SSSR count).